The van der Waals surface area contributed by atoms with Crippen LogP contribution in [-0.2, 0) is 20.1 Å². The number of guanidine groups is 1. The number of aryl methyl sites for hydroxylation is 1. The fourth-order valence-corrected chi connectivity index (χ4v) is 2.77. The van der Waals surface area contributed by atoms with Gasteiger partial charge >= 0.3 is 0 Å². The van der Waals surface area contributed by atoms with E-state index in [-0.39, 0.29) is 0 Å². The molecule has 7 nitrogen and oxygen atoms in total. The lowest BCUT2D eigenvalue weighted by Crippen LogP contribution is -2.38. The Hall–Kier alpha value is -2.09. The predicted molar refractivity (Wildman–Crippen MR) is 107 cm³/mol. The molecule has 2 rings (SSSR count). The molecule has 1 aromatic carbocycles. The SMILES string of the molecule is CCCCNC(=NCc1cc(Br)ccc1OC)NCc1nnc(C)n1C. The number of unbranched alkanes of at least 4 members (excludes halogenated alkanes) is 1. The molecular formula is C18H27BrN6O. The third kappa shape index (κ3) is 5.72. The first-order valence-corrected chi connectivity index (χ1v) is 9.54. The van der Waals surface area contributed by atoms with Gasteiger partial charge < -0.3 is 19.9 Å². The molecule has 0 amide bonds. The van der Waals surface area contributed by atoms with Crippen molar-refractivity contribution in [2.45, 2.75) is 39.8 Å². The first-order chi connectivity index (χ1) is 12.5. The summed E-state index contributed by atoms with van der Waals surface area (Å²) >= 11 is 3.50. The Balaban J connectivity index is 2.09. The average molecular weight is 423 g/mol. The molecule has 0 unspecified atom stereocenters. The van der Waals surface area contributed by atoms with Gasteiger partial charge in [-0.15, -0.1) is 10.2 Å². The fourth-order valence-electron chi connectivity index (χ4n) is 2.36. The first kappa shape index (κ1) is 20.2. The number of benzene rings is 1. The zero-order chi connectivity index (χ0) is 18.9. The Morgan fingerprint density at radius 2 is 2.12 bits per heavy atom. The number of ether oxygens (including phenoxy) is 1. The molecule has 0 aliphatic carbocycles. The van der Waals surface area contributed by atoms with Crippen molar-refractivity contribution in [2.24, 2.45) is 12.0 Å². The van der Waals surface area contributed by atoms with Crippen LogP contribution in [0.3, 0.4) is 0 Å². The number of nitrogens with zero attached hydrogens (tertiary/aromatic N) is 4. The van der Waals surface area contributed by atoms with Crippen LogP contribution < -0.4 is 15.4 Å². The molecule has 0 aliphatic rings. The first-order valence-electron chi connectivity index (χ1n) is 8.74. The summed E-state index contributed by atoms with van der Waals surface area (Å²) in [7, 11) is 3.63. The van der Waals surface area contributed by atoms with Crippen molar-refractivity contribution in [1.29, 1.82) is 0 Å². The lowest BCUT2D eigenvalue weighted by atomic mass is 10.2. The molecule has 26 heavy (non-hydrogen) atoms. The average Bonchev–Trinajstić information content (AvgIpc) is 2.95. The van der Waals surface area contributed by atoms with Crippen LogP contribution in [0.5, 0.6) is 5.75 Å². The van der Waals surface area contributed by atoms with Crippen molar-refractivity contribution in [3.63, 3.8) is 0 Å². The number of methoxy groups -OCH3 is 1. The summed E-state index contributed by atoms with van der Waals surface area (Å²) in [5.74, 6) is 3.33. The number of rotatable bonds is 8. The molecule has 0 atom stereocenters. The number of nitrogens with one attached hydrogen (secondary N) is 2. The maximum absolute atomic E-state index is 5.43. The molecule has 0 bridgehead atoms. The summed E-state index contributed by atoms with van der Waals surface area (Å²) in [5.41, 5.74) is 1.02. The molecule has 0 radical (unpaired) electrons. The van der Waals surface area contributed by atoms with Crippen molar-refractivity contribution in [1.82, 2.24) is 25.4 Å². The topological polar surface area (TPSA) is 76.4 Å². The minimum absolute atomic E-state index is 0.516. The quantitative estimate of drug-likeness (QED) is 0.388. The van der Waals surface area contributed by atoms with E-state index in [9.17, 15) is 0 Å². The van der Waals surface area contributed by atoms with Gasteiger partial charge in [0.2, 0.25) is 0 Å². The van der Waals surface area contributed by atoms with Crippen LogP contribution in [0.25, 0.3) is 0 Å². The summed E-state index contributed by atoms with van der Waals surface area (Å²) in [6, 6.07) is 5.92. The van der Waals surface area contributed by atoms with Crippen molar-refractivity contribution in [3.8, 4) is 5.75 Å². The molecule has 0 aliphatic heterocycles. The van der Waals surface area contributed by atoms with Gasteiger partial charge in [0.1, 0.15) is 11.6 Å². The zero-order valence-corrected chi connectivity index (χ0v) is 17.4. The van der Waals surface area contributed by atoms with Crippen LogP contribution in [-0.4, -0.2) is 34.4 Å². The van der Waals surface area contributed by atoms with E-state index in [0.29, 0.717) is 13.1 Å². The normalized spacial score (nSPS) is 11.5. The van der Waals surface area contributed by atoms with E-state index in [4.69, 9.17) is 9.73 Å². The Morgan fingerprint density at radius 1 is 1.31 bits per heavy atom. The molecule has 0 saturated carbocycles. The largest absolute Gasteiger partial charge is 0.496 e. The third-order valence-corrected chi connectivity index (χ3v) is 4.56. The molecule has 1 aromatic heterocycles. The van der Waals surface area contributed by atoms with E-state index in [1.54, 1.807) is 7.11 Å². The number of hydrogen-bond donors (Lipinski definition) is 2. The van der Waals surface area contributed by atoms with Gasteiger partial charge in [0.15, 0.2) is 11.8 Å². The van der Waals surface area contributed by atoms with Gasteiger partial charge in [0.05, 0.1) is 20.2 Å². The van der Waals surface area contributed by atoms with Crippen molar-refractivity contribution < 1.29 is 4.74 Å². The molecule has 8 heteroatoms. The Morgan fingerprint density at radius 3 is 2.77 bits per heavy atom. The molecule has 1 heterocycles. The van der Waals surface area contributed by atoms with Crippen LogP contribution in [0.2, 0.25) is 0 Å². The molecule has 0 spiro atoms. The summed E-state index contributed by atoms with van der Waals surface area (Å²) in [6.45, 7) is 6.05. The predicted octanol–water partition coefficient (Wildman–Crippen LogP) is 2.93. The van der Waals surface area contributed by atoms with Crippen LogP contribution in [0.15, 0.2) is 27.7 Å². The molecule has 142 valence electrons. The summed E-state index contributed by atoms with van der Waals surface area (Å²) < 4.78 is 8.40. The van der Waals surface area contributed by atoms with Crippen LogP contribution in [0.1, 0.15) is 37.0 Å². The Labute approximate surface area is 163 Å². The van der Waals surface area contributed by atoms with Gasteiger partial charge in [0, 0.05) is 23.6 Å². The standard InChI is InChI=1S/C18H27BrN6O/c1-5-6-9-20-18(22-12-17-24-23-13(2)25(17)3)21-11-14-10-15(19)7-8-16(14)26-4/h7-8,10H,5-6,9,11-12H2,1-4H3,(H2,20,21,22). The van der Waals surface area contributed by atoms with E-state index in [1.165, 1.54) is 0 Å². The van der Waals surface area contributed by atoms with Crippen molar-refractivity contribution >= 4 is 21.9 Å². The van der Waals surface area contributed by atoms with Gasteiger partial charge in [-0.25, -0.2) is 4.99 Å². The molecule has 2 N–H and O–H groups in total. The van der Waals surface area contributed by atoms with Gasteiger partial charge in [-0.05, 0) is 31.5 Å². The van der Waals surface area contributed by atoms with E-state index in [0.717, 1.165) is 52.8 Å². The van der Waals surface area contributed by atoms with Gasteiger partial charge in [-0.1, -0.05) is 29.3 Å². The Bertz CT molecular complexity index is 743. The van der Waals surface area contributed by atoms with Crippen LogP contribution in [0, 0.1) is 6.92 Å². The van der Waals surface area contributed by atoms with E-state index in [1.807, 2.05) is 36.7 Å². The number of aromatic nitrogens is 3. The summed E-state index contributed by atoms with van der Waals surface area (Å²) in [4.78, 5) is 4.70. The molecule has 0 saturated heterocycles. The van der Waals surface area contributed by atoms with Crippen LogP contribution in [0.4, 0.5) is 0 Å². The highest BCUT2D eigenvalue weighted by Gasteiger charge is 2.07. The molecule has 0 fully saturated rings. The second-order valence-electron chi connectivity index (χ2n) is 5.98. The smallest absolute Gasteiger partial charge is 0.191 e. The van der Waals surface area contributed by atoms with Gasteiger partial charge in [-0.2, -0.15) is 0 Å². The second-order valence-corrected chi connectivity index (χ2v) is 6.89. The van der Waals surface area contributed by atoms with E-state index in [2.05, 4.69) is 43.7 Å². The maximum atomic E-state index is 5.43. The van der Waals surface area contributed by atoms with E-state index >= 15 is 0 Å². The van der Waals surface area contributed by atoms with Gasteiger partial charge in [-0.3, -0.25) is 0 Å². The third-order valence-electron chi connectivity index (χ3n) is 4.07. The summed E-state index contributed by atoms with van der Waals surface area (Å²) in [6.07, 6.45) is 2.21. The highest BCUT2D eigenvalue weighted by atomic mass is 79.9. The number of hydrogen-bond acceptors (Lipinski definition) is 4. The second kappa shape index (κ2) is 10.2. The number of halogens is 1. The lowest BCUT2D eigenvalue weighted by Gasteiger charge is -2.13. The highest BCUT2D eigenvalue weighted by Crippen LogP contribution is 2.23. The minimum Gasteiger partial charge on any atom is -0.496 e. The van der Waals surface area contributed by atoms with Gasteiger partial charge in [0.25, 0.3) is 0 Å². The Kier molecular flexibility index (Phi) is 7.90. The zero-order valence-electron chi connectivity index (χ0n) is 15.8. The fraction of sp³-hybridized carbons (Fsp3) is 0.500. The van der Waals surface area contributed by atoms with Crippen molar-refractivity contribution in [3.05, 3.63) is 39.9 Å². The minimum atomic E-state index is 0.516. The molecule has 2 aromatic rings. The lowest BCUT2D eigenvalue weighted by molar-refractivity contribution is 0.409. The monoisotopic (exact) mass is 422 g/mol. The van der Waals surface area contributed by atoms with Crippen molar-refractivity contribution in [2.75, 3.05) is 13.7 Å². The van der Waals surface area contributed by atoms with Crippen LogP contribution >= 0.6 is 15.9 Å². The highest BCUT2D eigenvalue weighted by molar-refractivity contribution is 9.10. The van der Waals surface area contributed by atoms with E-state index < -0.39 is 0 Å². The maximum Gasteiger partial charge on any atom is 0.191 e. The summed E-state index contributed by atoms with van der Waals surface area (Å²) in [5, 5.41) is 15.0. The number of aliphatic imine (C=N–C) groups is 1. The molecular weight excluding hydrogens is 396 g/mol.